The molecule has 1 aromatic carbocycles. The maximum absolute atomic E-state index is 12.8. The third kappa shape index (κ3) is 5.38. The molecule has 1 saturated heterocycles. The topological polar surface area (TPSA) is 105 Å². The number of amides is 1. The van der Waals surface area contributed by atoms with Crippen LogP contribution in [0.15, 0.2) is 33.7 Å². The van der Waals surface area contributed by atoms with E-state index in [1.807, 2.05) is 13.8 Å². The second-order valence-electron chi connectivity index (χ2n) is 9.16. The summed E-state index contributed by atoms with van der Waals surface area (Å²) in [5.74, 6) is 1.62. The SMILES string of the molecule is CC(C)C(NC(=O)CCc1ccc(S(=O)(=O)N2CCCCC2)cc1)c1nc(C2CC2)no1. The van der Waals surface area contributed by atoms with Crippen molar-refractivity contribution >= 4 is 15.9 Å². The van der Waals surface area contributed by atoms with Crippen molar-refractivity contribution < 1.29 is 17.7 Å². The van der Waals surface area contributed by atoms with E-state index in [4.69, 9.17) is 4.52 Å². The normalized spacial score (nSPS) is 18.6. The summed E-state index contributed by atoms with van der Waals surface area (Å²) in [4.78, 5) is 17.4. The summed E-state index contributed by atoms with van der Waals surface area (Å²) < 4.78 is 32.5. The molecule has 1 saturated carbocycles. The Morgan fingerprint density at radius 3 is 2.47 bits per heavy atom. The van der Waals surface area contributed by atoms with Crippen LogP contribution in [0.5, 0.6) is 0 Å². The van der Waals surface area contributed by atoms with Crippen LogP contribution < -0.4 is 5.32 Å². The highest BCUT2D eigenvalue weighted by molar-refractivity contribution is 7.89. The number of nitrogens with zero attached hydrogens (tertiary/aromatic N) is 3. The minimum Gasteiger partial charge on any atom is -0.344 e. The van der Waals surface area contributed by atoms with Crippen molar-refractivity contribution in [2.75, 3.05) is 13.1 Å². The Morgan fingerprint density at radius 2 is 1.84 bits per heavy atom. The monoisotopic (exact) mass is 460 g/mol. The van der Waals surface area contributed by atoms with Gasteiger partial charge in [-0.2, -0.15) is 9.29 Å². The zero-order valence-corrected chi connectivity index (χ0v) is 19.6. The lowest BCUT2D eigenvalue weighted by Crippen LogP contribution is -2.35. The molecule has 8 nitrogen and oxygen atoms in total. The summed E-state index contributed by atoms with van der Waals surface area (Å²) in [6.45, 7) is 5.19. The summed E-state index contributed by atoms with van der Waals surface area (Å²) >= 11 is 0. The molecule has 0 spiro atoms. The predicted molar refractivity (Wildman–Crippen MR) is 119 cm³/mol. The molecule has 0 bridgehead atoms. The Balaban J connectivity index is 1.32. The van der Waals surface area contributed by atoms with Crippen molar-refractivity contribution in [1.29, 1.82) is 0 Å². The fourth-order valence-corrected chi connectivity index (χ4v) is 5.50. The molecule has 2 fully saturated rings. The van der Waals surface area contributed by atoms with E-state index in [1.165, 1.54) is 0 Å². The Kier molecular flexibility index (Phi) is 6.95. The largest absolute Gasteiger partial charge is 0.344 e. The third-order valence-electron chi connectivity index (χ3n) is 6.17. The van der Waals surface area contributed by atoms with Crippen LogP contribution in [-0.2, 0) is 21.2 Å². The Hall–Kier alpha value is -2.26. The predicted octanol–water partition coefficient (Wildman–Crippen LogP) is 3.57. The van der Waals surface area contributed by atoms with Crippen molar-refractivity contribution in [3.8, 4) is 0 Å². The maximum atomic E-state index is 12.8. The van der Waals surface area contributed by atoms with Crippen LogP contribution >= 0.6 is 0 Å². The van der Waals surface area contributed by atoms with Crippen LogP contribution in [-0.4, -0.2) is 41.9 Å². The van der Waals surface area contributed by atoms with Crippen molar-refractivity contribution in [2.45, 2.75) is 75.6 Å². The number of carbonyl (C=O) groups is 1. The van der Waals surface area contributed by atoms with Crippen LogP contribution in [0.25, 0.3) is 0 Å². The van der Waals surface area contributed by atoms with Crippen molar-refractivity contribution in [1.82, 2.24) is 19.8 Å². The van der Waals surface area contributed by atoms with Crippen molar-refractivity contribution in [3.05, 3.63) is 41.5 Å². The van der Waals surface area contributed by atoms with Gasteiger partial charge in [-0.25, -0.2) is 8.42 Å². The van der Waals surface area contributed by atoms with Crippen LogP contribution in [0.1, 0.15) is 81.6 Å². The van der Waals surface area contributed by atoms with Gasteiger partial charge in [-0.3, -0.25) is 4.79 Å². The zero-order chi connectivity index (χ0) is 22.7. The molecule has 4 rings (SSSR count). The molecule has 9 heteroatoms. The van der Waals surface area contributed by atoms with Crippen molar-refractivity contribution in [2.24, 2.45) is 5.92 Å². The first kappa shape index (κ1) is 22.9. The first-order valence-corrected chi connectivity index (χ1v) is 13.0. The molecular weight excluding hydrogens is 428 g/mol. The molecule has 1 aliphatic heterocycles. The van der Waals surface area contributed by atoms with E-state index in [9.17, 15) is 13.2 Å². The van der Waals surface area contributed by atoms with Gasteiger partial charge in [-0.15, -0.1) is 0 Å². The number of aryl methyl sites for hydroxylation is 1. The fourth-order valence-electron chi connectivity index (χ4n) is 3.98. The van der Waals surface area contributed by atoms with E-state index in [0.717, 1.165) is 43.5 Å². The number of rotatable bonds is 9. The molecule has 1 aliphatic carbocycles. The lowest BCUT2D eigenvalue weighted by molar-refractivity contribution is -0.122. The quantitative estimate of drug-likeness (QED) is 0.613. The van der Waals surface area contributed by atoms with E-state index in [-0.39, 0.29) is 17.9 Å². The molecule has 1 aromatic heterocycles. The number of hydrogen-bond acceptors (Lipinski definition) is 6. The summed E-state index contributed by atoms with van der Waals surface area (Å²) in [5, 5.41) is 7.07. The molecule has 2 heterocycles. The molecule has 174 valence electrons. The van der Waals surface area contributed by atoms with E-state index < -0.39 is 10.0 Å². The molecule has 1 atom stereocenters. The third-order valence-corrected chi connectivity index (χ3v) is 8.08. The van der Waals surface area contributed by atoms with Crippen molar-refractivity contribution in [3.63, 3.8) is 0 Å². The average Bonchev–Trinajstić information content (AvgIpc) is 3.54. The Labute approximate surface area is 189 Å². The van der Waals surface area contributed by atoms with E-state index in [2.05, 4.69) is 15.5 Å². The molecule has 32 heavy (non-hydrogen) atoms. The summed E-state index contributed by atoms with van der Waals surface area (Å²) in [7, 11) is -3.44. The summed E-state index contributed by atoms with van der Waals surface area (Å²) in [6, 6.07) is 6.56. The van der Waals surface area contributed by atoms with E-state index in [1.54, 1.807) is 28.6 Å². The molecule has 0 radical (unpaired) electrons. The molecular formula is C23H32N4O4S. The van der Waals surface area contributed by atoms with Crippen LogP contribution in [0.4, 0.5) is 0 Å². The average molecular weight is 461 g/mol. The highest BCUT2D eigenvalue weighted by Crippen LogP contribution is 2.38. The molecule has 1 amide bonds. The van der Waals surface area contributed by atoms with Gasteiger partial charge in [0.15, 0.2) is 5.82 Å². The minimum absolute atomic E-state index is 0.0973. The molecule has 2 aromatic rings. The number of hydrogen-bond donors (Lipinski definition) is 1. The Bertz CT molecular complexity index is 1020. The van der Waals surface area contributed by atoms with E-state index in [0.29, 0.717) is 42.6 Å². The number of benzene rings is 1. The minimum atomic E-state index is -3.44. The lowest BCUT2D eigenvalue weighted by Gasteiger charge is -2.25. The zero-order valence-electron chi connectivity index (χ0n) is 18.8. The molecule has 2 aliphatic rings. The van der Waals surface area contributed by atoms with Gasteiger partial charge >= 0.3 is 0 Å². The van der Waals surface area contributed by atoms with Gasteiger partial charge in [-0.1, -0.05) is 37.6 Å². The second-order valence-corrected chi connectivity index (χ2v) is 11.1. The first-order chi connectivity index (χ1) is 15.3. The number of carbonyl (C=O) groups excluding carboxylic acids is 1. The second kappa shape index (κ2) is 9.70. The highest BCUT2D eigenvalue weighted by atomic mass is 32.2. The molecule has 1 N–H and O–H groups in total. The van der Waals surface area contributed by atoms with Gasteiger partial charge in [0.1, 0.15) is 6.04 Å². The van der Waals surface area contributed by atoms with Crippen LogP contribution in [0, 0.1) is 5.92 Å². The van der Waals surface area contributed by atoms with Gasteiger partial charge in [-0.05, 0) is 55.7 Å². The Morgan fingerprint density at radius 1 is 1.16 bits per heavy atom. The smallest absolute Gasteiger partial charge is 0.249 e. The van der Waals surface area contributed by atoms with Gasteiger partial charge in [0, 0.05) is 25.4 Å². The number of sulfonamides is 1. The number of nitrogens with one attached hydrogen (secondary N) is 1. The van der Waals surface area contributed by atoms with Gasteiger partial charge in [0.05, 0.1) is 4.90 Å². The fraction of sp³-hybridized carbons (Fsp3) is 0.609. The maximum Gasteiger partial charge on any atom is 0.249 e. The van der Waals surface area contributed by atoms with E-state index >= 15 is 0 Å². The standard InChI is InChI=1S/C23H32N4O4S/c1-16(2)21(23-25-22(26-31-23)18-9-10-18)24-20(28)13-8-17-6-11-19(12-7-17)32(29,30)27-14-4-3-5-15-27/h6-7,11-12,16,18,21H,3-5,8-10,13-15H2,1-2H3,(H,24,28). The van der Waals surface area contributed by atoms with Crippen LogP contribution in [0.2, 0.25) is 0 Å². The van der Waals surface area contributed by atoms with Crippen LogP contribution in [0.3, 0.4) is 0 Å². The van der Waals surface area contributed by atoms with Gasteiger partial charge < -0.3 is 9.84 Å². The summed E-state index contributed by atoms with van der Waals surface area (Å²) in [5.41, 5.74) is 0.924. The highest BCUT2D eigenvalue weighted by Gasteiger charge is 2.31. The van der Waals surface area contributed by atoms with Gasteiger partial charge in [0.25, 0.3) is 0 Å². The lowest BCUT2D eigenvalue weighted by atomic mass is 10.0. The summed E-state index contributed by atoms with van der Waals surface area (Å²) in [6.07, 6.45) is 5.91. The number of aromatic nitrogens is 2. The van der Waals surface area contributed by atoms with Gasteiger partial charge in [0.2, 0.25) is 21.8 Å². The number of piperidine rings is 1. The first-order valence-electron chi connectivity index (χ1n) is 11.6. The molecule has 1 unspecified atom stereocenters.